The van der Waals surface area contributed by atoms with E-state index in [9.17, 15) is 28.9 Å². The van der Waals surface area contributed by atoms with Crippen LogP contribution >= 0.6 is 7.82 Å². The zero-order valence-corrected chi connectivity index (χ0v) is 46.8. The fourth-order valence-corrected chi connectivity index (χ4v) is 8.47. The number of phosphoric acid groups is 1. The van der Waals surface area contributed by atoms with E-state index in [-0.39, 0.29) is 25.9 Å². The lowest BCUT2D eigenvalue weighted by molar-refractivity contribution is -0.161. The van der Waals surface area contributed by atoms with Gasteiger partial charge in [-0.25, -0.2) is 4.57 Å². The molecule has 11 nitrogen and oxygen atoms in total. The number of hydrogen-bond acceptors (Lipinski definition) is 10. The van der Waals surface area contributed by atoms with Gasteiger partial charge >= 0.3 is 25.7 Å². The van der Waals surface area contributed by atoms with Crippen LogP contribution < -0.4 is 0 Å². The van der Waals surface area contributed by atoms with Crippen molar-refractivity contribution in [2.75, 3.05) is 26.4 Å². The molecule has 3 atom stereocenters. The predicted molar refractivity (Wildman–Crippen MR) is 298 cm³/mol. The Balaban J connectivity index is 4.73. The van der Waals surface area contributed by atoms with Crippen molar-refractivity contribution in [1.29, 1.82) is 0 Å². The van der Waals surface area contributed by atoms with Crippen LogP contribution in [-0.2, 0) is 42.2 Å². The van der Waals surface area contributed by atoms with Crippen LogP contribution in [0.25, 0.3) is 0 Å². The number of allylic oxidation sites excluding steroid dienone is 12. The number of unbranched alkanes of at least 4 members (excludes halogenated alkanes) is 24. The topological polar surface area (TPSA) is 155 Å². The van der Waals surface area contributed by atoms with E-state index >= 15 is 0 Å². The highest BCUT2D eigenvalue weighted by Crippen LogP contribution is 2.43. The second-order valence-electron chi connectivity index (χ2n) is 19.1. The summed E-state index contributed by atoms with van der Waals surface area (Å²) in [5.41, 5.74) is 0. The molecule has 0 rings (SSSR count). The van der Waals surface area contributed by atoms with Crippen LogP contribution in [-0.4, -0.2) is 66.5 Å². The third-order valence-corrected chi connectivity index (χ3v) is 13.0. The minimum atomic E-state index is -4.76. The number of aliphatic hydroxyl groups excluding tert-OH is 1. The van der Waals surface area contributed by atoms with Crippen molar-refractivity contribution in [2.24, 2.45) is 0 Å². The maximum absolute atomic E-state index is 12.9. The second kappa shape index (κ2) is 54.2. The Labute approximate surface area is 439 Å². The van der Waals surface area contributed by atoms with Gasteiger partial charge in [0.05, 0.1) is 19.8 Å². The first-order valence-electron chi connectivity index (χ1n) is 28.8. The van der Waals surface area contributed by atoms with E-state index in [1.165, 1.54) is 83.5 Å². The summed E-state index contributed by atoms with van der Waals surface area (Å²) in [6.45, 7) is 4.45. The molecule has 0 saturated heterocycles. The molecule has 416 valence electrons. The number of esters is 3. The third-order valence-electron chi connectivity index (χ3n) is 12.1. The lowest BCUT2D eigenvalue weighted by Gasteiger charge is -2.21. The molecule has 0 fully saturated rings. The molecular formula is C60H105O11P. The minimum absolute atomic E-state index is 0.130. The molecule has 0 amide bonds. The highest BCUT2D eigenvalue weighted by Gasteiger charge is 2.28. The highest BCUT2D eigenvalue weighted by atomic mass is 31.2. The summed E-state index contributed by atoms with van der Waals surface area (Å²) in [4.78, 5) is 48.5. The average molecular weight is 1030 g/mol. The summed E-state index contributed by atoms with van der Waals surface area (Å²) in [7, 11) is -4.76. The van der Waals surface area contributed by atoms with E-state index in [1.54, 1.807) is 0 Å². The second-order valence-corrected chi connectivity index (χ2v) is 20.5. The van der Waals surface area contributed by atoms with Crippen LogP contribution in [0.5, 0.6) is 0 Å². The summed E-state index contributed by atoms with van der Waals surface area (Å²) in [6, 6.07) is 0. The van der Waals surface area contributed by atoms with E-state index in [1.807, 2.05) is 0 Å². The van der Waals surface area contributed by atoms with Crippen LogP contribution in [0.1, 0.15) is 252 Å². The van der Waals surface area contributed by atoms with Gasteiger partial charge in [-0.15, -0.1) is 0 Å². The van der Waals surface area contributed by atoms with Gasteiger partial charge in [-0.3, -0.25) is 23.4 Å². The van der Waals surface area contributed by atoms with Gasteiger partial charge in [0.1, 0.15) is 12.7 Å². The Bertz CT molecular complexity index is 1490. The zero-order valence-electron chi connectivity index (χ0n) is 45.9. The molecule has 0 bridgehead atoms. The Morgan fingerprint density at radius 2 is 0.722 bits per heavy atom. The molecule has 0 aliphatic rings. The number of carbonyl (C=O) groups excluding carboxylic acids is 3. The molecule has 0 heterocycles. The Morgan fingerprint density at radius 1 is 0.403 bits per heavy atom. The van der Waals surface area contributed by atoms with Crippen molar-refractivity contribution in [1.82, 2.24) is 0 Å². The molecule has 3 unspecified atom stereocenters. The van der Waals surface area contributed by atoms with Gasteiger partial charge in [0.2, 0.25) is 0 Å². The van der Waals surface area contributed by atoms with E-state index in [2.05, 4.69) is 93.7 Å². The Kier molecular flexibility index (Phi) is 51.9. The standard InChI is InChI=1S/C60H105O11P/c1-4-7-10-13-16-19-22-25-26-27-28-29-30-33-34-37-40-43-46-49-58(62)67-53-57(71-60(64)51-48-45-42-39-36-32-24-21-18-15-12-9-6-3)55-69-72(65,66)68-54-56(52-61)70-59(63)50-47-44-41-38-35-31-23-20-17-14-11-8-5-2/h9,12,16,18-21,23,25-26,32,36,56-57,61H,4-8,10-11,13-15,17,22,24,27-31,33-35,37-55H2,1-3H3,(H,65,66)/b12-9-,19-16-,21-18-,23-20-,26-25-,36-32-. The van der Waals surface area contributed by atoms with Gasteiger partial charge in [0.25, 0.3) is 0 Å². The van der Waals surface area contributed by atoms with Crippen molar-refractivity contribution in [2.45, 2.75) is 264 Å². The van der Waals surface area contributed by atoms with Crippen molar-refractivity contribution >= 4 is 25.7 Å². The van der Waals surface area contributed by atoms with Gasteiger partial charge in [-0.05, 0) is 109 Å². The molecule has 12 heteroatoms. The summed E-state index contributed by atoms with van der Waals surface area (Å²) in [5.74, 6) is -1.51. The van der Waals surface area contributed by atoms with Crippen LogP contribution in [0.2, 0.25) is 0 Å². The van der Waals surface area contributed by atoms with Crippen LogP contribution in [0, 0.1) is 0 Å². The van der Waals surface area contributed by atoms with E-state index in [4.69, 9.17) is 23.3 Å². The molecule has 0 aromatic rings. The monoisotopic (exact) mass is 1030 g/mol. The number of hydrogen-bond donors (Lipinski definition) is 2. The number of phosphoric ester groups is 1. The fourth-order valence-electron chi connectivity index (χ4n) is 7.69. The third kappa shape index (κ3) is 51.8. The summed E-state index contributed by atoms with van der Waals surface area (Å²) >= 11 is 0. The summed E-state index contributed by atoms with van der Waals surface area (Å²) in [5, 5.41) is 9.80. The smallest absolute Gasteiger partial charge is 0.462 e. The number of aliphatic hydroxyl groups is 1. The number of carbonyl (C=O) groups is 3. The van der Waals surface area contributed by atoms with E-state index in [0.717, 1.165) is 109 Å². The molecule has 2 N–H and O–H groups in total. The average Bonchev–Trinajstić information content (AvgIpc) is 3.37. The zero-order chi connectivity index (χ0) is 52.7. The summed E-state index contributed by atoms with van der Waals surface area (Å²) in [6.07, 6.45) is 60.1. The first kappa shape index (κ1) is 68.9. The Hall–Kier alpha value is -3.08. The minimum Gasteiger partial charge on any atom is -0.462 e. The lowest BCUT2D eigenvalue weighted by atomic mass is 10.1. The first-order chi connectivity index (χ1) is 35.2. The van der Waals surface area contributed by atoms with Crippen molar-refractivity contribution in [3.05, 3.63) is 72.9 Å². The van der Waals surface area contributed by atoms with E-state index < -0.39 is 57.8 Å². The van der Waals surface area contributed by atoms with Crippen LogP contribution in [0.15, 0.2) is 72.9 Å². The first-order valence-corrected chi connectivity index (χ1v) is 30.3. The molecule has 0 spiro atoms. The molecule has 0 aromatic carbocycles. The highest BCUT2D eigenvalue weighted by molar-refractivity contribution is 7.47. The van der Waals surface area contributed by atoms with Crippen LogP contribution in [0.4, 0.5) is 0 Å². The predicted octanol–water partition coefficient (Wildman–Crippen LogP) is 16.9. The largest absolute Gasteiger partial charge is 0.472 e. The van der Waals surface area contributed by atoms with Crippen molar-refractivity contribution in [3.8, 4) is 0 Å². The molecular weight excluding hydrogens is 928 g/mol. The Morgan fingerprint density at radius 3 is 1.17 bits per heavy atom. The van der Waals surface area contributed by atoms with E-state index in [0.29, 0.717) is 19.3 Å². The summed E-state index contributed by atoms with van der Waals surface area (Å²) < 4.78 is 39.4. The quantitative estimate of drug-likeness (QED) is 0.0197. The molecule has 0 aromatic heterocycles. The molecule has 72 heavy (non-hydrogen) atoms. The molecule has 0 aliphatic carbocycles. The molecule has 0 saturated carbocycles. The lowest BCUT2D eigenvalue weighted by Crippen LogP contribution is -2.30. The number of rotatable bonds is 53. The SMILES string of the molecule is CC/C=C\C/C=C\C/C=C\CCCCCC(=O)OC(COC(=O)CCCCCCCCCCC/C=C\C/C=C\CCCCC)COP(=O)(O)OCC(CO)OC(=O)CCCCCCC/C=C\CCCCCC. The van der Waals surface area contributed by atoms with Crippen molar-refractivity contribution < 1.29 is 52.2 Å². The van der Waals surface area contributed by atoms with Gasteiger partial charge in [0.15, 0.2) is 6.10 Å². The van der Waals surface area contributed by atoms with Gasteiger partial charge in [-0.2, -0.15) is 0 Å². The normalized spacial score (nSPS) is 13.9. The molecule has 0 radical (unpaired) electrons. The fraction of sp³-hybridized carbons (Fsp3) is 0.750. The maximum atomic E-state index is 12.9. The maximum Gasteiger partial charge on any atom is 0.472 e. The van der Waals surface area contributed by atoms with Gasteiger partial charge in [0, 0.05) is 19.3 Å². The van der Waals surface area contributed by atoms with Gasteiger partial charge < -0.3 is 24.2 Å². The number of ether oxygens (including phenoxy) is 3. The van der Waals surface area contributed by atoms with Gasteiger partial charge in [-0.1, -0.05) is 196 Å². The van der Waals surface area contributed by atoms with Crippen molar-refractivity contribution in [3.63, 3.8) is 0 Å². The molecule has 0 aliphatic heterocycles. The van der Waals surface area contributed by atoms with Crippen LogP contribution in [0.3, 0.4) is 0 Å².